The number of rotatable bonds is 6. The molecule has 122 valence electrons. The largest absolute Gasteiger partial charge is 0.381 e. The van der Waals surface area contributed by atoms with Gasteiger partial charge in [0.1, 0.15) is 5.01 Å². The predicted molar refractivity (Wildman–Crippen MR) is 90.2 cm³/mol. The maximum Gasteiger partial charge on any atom is 0.220 e. The van der Waals surface area contributed by atoms with Gasteiger partial charge in [0.25, 0.3) is 0 Å². The third-order valence-corrected chi connectivity index (χ3v) is 4.85. The monoisotopic (exact) mass is 331 g/mol. The van der Waals surface area contributed by atoms with Crippen LogP contribution >= 0.6 is 11.3 Å². The Labute approximate surface area is 140 Å². The van der Waals surface area contributed by atoms with Crippen LogP contribution in [0.25, 0.3) is 10.6 Å². The lowest BCUT2D eigenvalue weighted by Gasteiger charge is -2.21. The Morgan fingerprint density at radius 1 is 1.39 bits per heavy atom. The van der Waals surface area contributed by atoms with Crippen LogP contribution in [-0.4, -0.2) is 35.6 Å². The molecule has 0 bridgehead atoms. The van der Waals surface area contributed by atoms with E-state index in [1.807, 2.05) is 12.1 Å². The molecule has 2 aromatic heterocycles. The van der Waals surface area contributed by atoms with Crippen molar-refractivity contribution in [3.05, 3.63) is 35.6 Å². The Kier molecular flexibility index (Phi) is 5.71. The highest BCUT2D eigenvalue weighted by Crippen LogP contribution is 2.23. The lowest BCUT2D eigenvalue weighted by molar-refractivity contribution is -0.123. The minimum absolute atomic E-state index is 0.116. The van der Waals surface area contributed by atoms with Gasteiger partial charge >= 0.3 is 0 Å². The summed E-state index contributed by atoms with van der Waals surface area (Å²) < 4.78 is 5.41. The summed E-state index contributed by atoms with van der Waals surface area (Å²) in [5.41, 5.74) is 2.10. The van der Waals surface area contributed by atoms with Crippen LogP contribution in [0.3, 0.4) is 0 Å². The molecule has 6 heteroatoms. The van der Waals surface area contributed by atoms with Crippen molar-refractivity contribution in [2.45, 2.75) is 25.7 Å². The molecule has 1 amide bonds. The molecule has 0 radical (unpaired) electrons. The van der Waals surface area contributed by atoms with Gasteiger partial charge in [-0.1, -0.05) is 0 Å². The summed E-state index contributed by atoms with van der Waals surface area (Å²) in [4.78, 5) is 20.6. The molecule has 0 spiro atoms. The number of hydrogen-bond donors (Lipinski definition) is 1. The molecule has 0 saturated carbocycles. The van der Waals surface area contributed by atoms with Crippen LogP contribution < -0.4 is 5.32 Å². The second-order valence-electron chi connectivity index (χ2n) is 5.77. The summed E-state index contributed by atoms with van der Waals surface area (Å²) in [6.45, 7) is 2.18. The molecule has 0 unspecified atom stereocenters. The summed E-state index contributed by atoms with van der Waals surface area (Å²) in [6, 6.07) is 3.91. The first-order valence-electron chi connectivity index (χ1n) is 8.00. The van der Waals surface area contributed by atoms with E-state index >= 15 is 0 Å². The van der Waals surface area contributed by atoms with Crippen LogP contribution in [0, 0.1) is 5.92 Å². The van der Waals surface area contributed by atoms with Crippen molar-refractivity contribution in [2.24, 2.45) is 5.92 Å². The lowest BCUT2D eigenvalue weighted by Crippen LogP contribution is -2.30. The second-order valence-corrected chi connectivity index (χ2v) is 6.63. The SMILES string of the molecule is O=C(C[C@H]1CCCOC1)NCCc1csc(-c2ccncc2)n1. The van der Waals surface area contributed by atoms with Crippen LogP contribution in [0.4, 0.5) is 0 Å². The molecule has 1 fully saturated rings. The van der Waals surface area contributed by atoms with Gasteiger partial charge < -0.3 is 10.1 Å². The van der Waals surface area contributed by atoms with E-state index in [-0.39, 0.29) is 5.91 Å². The van der Waals surface area contributed by atoms with Crippen LogP contribution in [0.15, 0.2) is 29.9 Å². The Hall–Kier alpha value is -1.79. The minimum atomic E-state index is 0.116. The molecule has 1 N–H and O–H groups in total. The van der Waals surface area contributed by atoms with Gasteiger partial charge in [-0.15, -0.1) is 11.3 Å². The fourth-order valence-electron chi connectivity index (χ4n) is 2.68. The number of thiazole rings is 1. The van der Waals surface area contributed by atoms with Crippen molar-refractivity contribution in [3.8, 4) is 10.6 Å². The summed E-state index contributed by atoms with van der Waals surface area (Å²) in [5, 5.41) is 6.03. The standard InChI is InChI=1S/C17H21N3O2S/c21-16(10-13-2-1-9-22-11-13)19-8-5-15-12-23-17(20-15)14-3-6-18-7-4-14/h3-4,6-7,12-13H,1-2,5,8-11H2,(H,19,21)/t13-/m1/s1. The molecule has 1 aliphatic rings. The summed E-state index contributed by atoms with van der Waals surface area (Å²) in [6.07, 6.45) is 7.02. The van der Waals surface area contributed by atoms with E-state index in [0.29, 0.717) is 18.9 Å². The highest BCUT2D eigenvalue weighted by Gasteiger charge is 2.17. The quantitative estimate of drug-likeness (QED) is 0.884. The molecule has 23 heavy (non-hydrogen) atoms. The normalized spacial score (nSPS) is 17.8. The van der Waals surface area contributed by atoms with E-state index in [0.717, 1.165) is 48.7 Å². The van der Waals surface area contributed by atoms with Gasteiger partial charge in [-0.3, -0.25) is 9.78 Å². The maximum absolute atomic E-state index is 11.9. The fraction of sp³-hybridized carbons (Fsp3) is 0.471. The van der Waals surface area contributed by atoms with Crippen molar-refractivity contribution in [3.63, 3.8) is 0 Å². The highest BCUT2D eigenvalue weighted by atomic mass is 32.1. The molecular weight excluding hydrogens is 310 g/mol. The topological polar surface area (TPSA) is 64.1 Å². The van der Waals surface area contributed by atoms with Crippen molar-refractivity contribution in [1.29, 1.82) is 0 Å². The number of aromatic nitrogens is 2. The zero-order chi connectivity index (χ0) is 15.9. The molecule has 3 heterocycles. The summed E-state index contributed by atoms with van der Waals surface area (Å²) >= 11 is 1.62. The number of carbonyl (C=O) groups excluding carboxylic acids is 1. The van der Waals surface area contributed by atoms with Crippen molar-refractivity contribution in [2.75, 3.05) is 19.8 Å². The van der Waals surface area contributed by atoms with Crippen LogP contribution in [-0.2, 0) is 16.0 Å². The van der Waals surface area contributed by atoms with Gasteiger partial charge in [0.2, 0.25) is 5.91 Å². The number of hydrogen-bond acceptors (Lipinski definition) is 5. The molecule has 1 aliphatic heterocycles. The smallest absolute Gasteiger partial charge is 0.220 e. The van der Waals surface area contributed by atoms with Gasteiger partial charge in [-0.2, -0.15) is 0 Å². The average molecular weight is 331 g/mol. The van der Waals surface area contributed by atoms with Crippen LogP contribution in [0.2, 0.25) is 0 Å². The first-order chi connectivity index (χ1) is 11.3. The van der Waals surface area contributed by atoms with Crippen molar-refractivity contribution >= 4 is 17.2 Å². The van der Waals surface area contributed by atoms with Crippen molar-refractivity contribution in [1.82, 2.24) is 15.3 Å². The summed E-state index contributed by atoms with van der Waals surface area (Å²) in [5.74, 6) is 0.492. The average Bonchev–Trinajstić information content (AvgIpc) is 3.05. The number of ether oxygens (including phenoxy) is 1. The van der Waals surface area contributed by atoms with Gasteiger partial charge in [0.15, 0.2) is 0 Å². The maximum atomic E-state index is 11.9. The van der Waals surface area contributed by atoms with E-state index in [4.69, 9.17) is 4.74 Å². The van der Waals surface area contributed by atoms with Gasteiger partial charge in [0, 0.05) is 55.9 Å². The number of nitrogens with zero attached hydrogens (tertiary/aromatic N) is 2. The van der Waals surface area contributed by atoms with Crippen LogP contribution in [0.5, 0.6) is 0 Å². The third kappa shape index (κ3) is 4.84. The Morgan fingerprint density at radius 3 is 3.04 bits per heavy atom. The van der Waals surface area contributed by atoms with E-state index in [9.17, 15) is 4.79 Å². The summed E-state index contributed by atoms with van der Waals surface area (Å²) in [7, 11) is 0. The number of nitrogens with one attached hydrogen (secondary N) is 1. The lowest BCUT2D eigenvalue weighted by atomic mass is 9.98. The van der Waals surface area contributed by atoms with E-state index in [1.165, 1.54) is 0 Å². The number of pyridine rings is 1. The van der Waals surface area contributed by atoms with E-state index < -0.39 is 0 Å². The van der Waals surface area contributed by atoms with Gasteiger partial charge in [0.05, 0.1) is 5.69 Å². The first-order valence-corrected chi connectivity index (χ1v) is 8.88. The molecule has 1 saturated heterocycles. The Bertz CT molecular complexity index is 624. The zero-order valence-corrected chi connectivity index (χ0v) is 13.8. The van der Waals surface area contributed by atoms with Crippen LogP contribution in [0.1, 0.15) is 25.0 Å². The fourth-order valence-corrected chi connectivity index (χ4v) is 3.54. The molecule has 5 nitrogen and oxygen atoms in total. The second kappa shape index (κ2) is 8.17. The predicted octanol–water partition coefficient (Wildman–Crippen LogP) is 2.68. The Morgan fingerprint density at radius 2 is 2.26 bits per heavy atom. The molecule has 0 aliphatic carbocycles. The molecule has 1 atom stereocenters. The molecule has 2 aromatic rings. The molecule has 3 rings (SSSR count). The first kappa shape index (κ1) is 16.1. The third-order valence-electron chi connectivity index (χ3n) is 3.91. The number of amides is 1. The molecular formula is C17H21N3O2S. The Balaban J connectivity index is 1.42. The van der Waals surface area contributed by atoms with E-state index in [2.05, 4.69) is 20.7 Å². The minimum Gasteiger partial charge on any atom is -0.381 e. The van der Waals surface area contributed by atoms with E-state index in [1.54, 1.807) is 23.7 Å². The molecule has 0 aromatic carbocycles. The van der Waals surface area contributed by atoms with Crippen molar-refractivity contribution < 1.29 is 9.53 Å². The zero-order valence-electron chi connectivity index (χ0n) is 13.0. The van der Waals surface area contributed by atoms with Gasteiger partial charge in [-0.25, -0.2) is 4.98 Å². The highest BCUT2D eigenvalue weighted by molar-refractivity contribution is 7.13. The number of carbonyl (C=O) groups is 1. The van der Waals surface area contributed by atoms with Gasteiger partial charge in [-0.05, 0) is 30.9 Å².